The van der Waals surface area contributed by atoms with Crippen molar-refractivity contribution in [2.24, 2.45) is 0 Å². The summed E-state index contributed by atoms with van der Waals surface area (Å²) in [7, 11) is 0. The molecule has 0 aliphatic rings. The topological polar surface area (TPSA) is 77.5 Å². The van der Waals surface area contributed by atoms with Crippen molar-refractivity contribution in [1.82, 2.24) is 4.98 Å². The van der Waals surface area contributed by atoms with Gasteiger partial charge in [-0.2, -0.15) is 0 Å². The maximum Gasteiger partial charge on any atom is 0.358 e. The normalized spacial score (nSPS) is 11.6. The van der Waals surface area contributed by atoms with Crippen LogP contribution in [0.25, 0.3) is 0 Å². The van der Waals surface area contributed by atoms with Crippen LogP contribution >= 0.6 is 11.3 Å². The molecule has 0 radical (unpaired) electrons. The molecule has 30 heavy (non-hydrogen) atoms. The molecule has 1 aromatic heterocycles. The number of anilines is 1. The number of hydrogen-bond acceptors (Lipinski definition) is 6. The van der Waals surface area contributed by atoms with Crippen LogP contribution in [0.1, 0.15) is 33.5 Å². The first kappa shape index (κ1) is 21.4. The van der Waals surface area contributed by atoms with Crippen molar-refractivity contribution in [1.29, 1.82) is 0 Å². The van der Waals surface area contributed by atoms with Crippen molar-refractivity contribution in [3.8, 4) is 5.75 Å². The van der Waals surface area contributed by atoms with Gasteiger partial charge in [0.25, 0.3) is 5.91 Å². The van der Waals surface area contributed by atoms with Crippen LogP contribution in [0.15, 0.2) is 47.8 Å². The Morgan fingerprint density at radius 1 is 1.17 bits per heavy atom. The van der Waals surface area contributed by atoms with Gasteiger partial charge in [0.15, 0.2) is 11.8 Å². The van der Waals surface area contributed by atoms with Gasteiger partial charge >= 0.3 is 5.97 Å². The van der Waals surface area contributed by atoms with E-state index in [1.165, 1.54) is 24.3 Å². The number of benzene rings is 2. The standard InChI is InChI=1S/C22H21FN2O4S/c1-13-4-8-17(9-5-13)28-11-20-25-19(12-30-20)22(27)29-15(3)21(26)24-16-7-6-14(2)18(23)10-16/h4-10,12,15H,11H2,1-3H3,(H,24,26). The summed E-state index contributed by atoms with van der Waals surface area (Å²) in [5.41, 5.74) is 1.99. The number of carbonyl (C=O) groups is 2. The van der Waals surface area contributed by atoms with Crippen LogP contribution in [0.4, 0.5) is 10.1 Å². The SMILES string of the molecule is Cc1ccc(OCc2nc(C(=O)OC(C)C(=O)Nc3ccc(C)c(F)c3)cs2)cc1. The van der Waals surface area contributed by atoms with Crippen molar-refractivity contribution in [2.75, 3.05) is 5.32 Å². The van der Waals surface area contributed by atoms with Crippen LogP contribution in [0, 0.1) is 19.7 Å². The number of aryl methyl sites for hydroxylation is 2. The third-order valence-electron chi connectivity index (χ3n) is 4.24. The molecule has 1 amide bonds. The quantitative estimate of drug-likeness (QED) is 0.554. The lowest BCUT2D eigenvalue weighted by Crippen LogP contribution is -2.30. The fourth-order valence-corrected chi connectivity index (χ4v) is 3.11. The van der Waals surface area contributed by atoms with Crippen LogP contribution in [0.3, 0.4) is 0 Å². The summed E-state index contributed by atoms with van der Waals surface area (Å²) in [4.78, 5) is 28.7. The van der Waals surface area contributed by atoms with E-state index in [1.807, 2.05) is 31.2 Å². The van der Waals surface area contributed by atoms with E-state index in [2.05, 4.69) is 10.3 Å². The Morgan fingerprint density at radius 3 is 2.60 bits per heavy atom. The third-order valence-corrected chi connectivity index (χ3v) is 5.06. The molecule has 8 heteroatoms. The molecule has 0 saturated heterocycles. The molecular weight excluding hydrogens is 407 g/mol. The van der Waals surface area contributed by atoms with Gasteiger partial charge in [-0.3, -0.25) is 4.79 Å². The number of ether oxygens (including phenoxy) is 2. The number of nitrogens with zero attached hydrogens (tertiary/aromatic N) is 1. The Kier molecular flexibility index (Phi) is 6.79. The maximum absolute atomic E-state index is 13.6. The summed E-state index contributed by atoms with van der Waals surface area (Å²) >= 11 is 1.26. The molecule has 1 atom stereocenters. The van der Waals surface area contributed by atoms with E-state index in [0.717, 1.165) is 5.56 Å². The molecule has 0 saturated carbocycles. The number of rotatable bonds is 7. The molecule has 1 heterocycles. The highest BCUT2D eigenvalue weighted by molar-refractivity contribution is 7.09. The average Bonchev–Trinajstić information content (AvgIpc) is 3.19. The highest BCUT2D eigenvalue weighted by Gasteiger charge is 2.21. The van der Waals surface area contributed by atoms with Gasteiger partial charge < -0.3 is 14.8 Å². The second-order valence-electron chi connectivity index (χ2n) is 6.73. The largest absolute Gasteiger partial charge is 0.486 e. The predicted octanol–water partition coefficient (Wildman–Crippen LogP) is 4.66. The van der Waals surface area contributed by atoms with E-state index >= 15 is 0 Å². The predicted molar refractivity (Wildman–Crippen MR) is 112 cm³/mol. The highest BCUT2D eigenvalue weighted by Crippen LogP contribution is 2.18. The van der Waals surface area contributed by atoms with Crippen LogP contribution in [-0.2, 0) is 16.1 Å². The third kappa shape index (κ3) is 5.64. The second-order valence-corrected chi connectivity index (χ2v) is 7.67. The molecule has 2 aromatic carbocycles. The maximum atomic E-state index is 13.6. The van der Waals surface area contributed by atoms with Gasteiger partial charge in [-0.1, -0.05) is 23.8 Å². The minimum Gasteiger partial charge on any atom is -0.486 e. The van der Waals surface area contributed by atoms with E-state index in [0.29, 0.717) is 16.3 Å². The fourth-order valence-electron chi connectivity index (χ4n) is 2.44. The number of thiazole rings is 1. The Labute approximate surface area is 177 Å². The van der Waals surface area contributed by atoms with Crippen molar-refractivity contribution < 1.29 is 23.5 Å². The summed E-state index contributed by atoms with van der Waals surface area (Å²) in [5.74, 6) is -1.01. The molecule has 3 aromatic rings. The number of hydrogen-bond donors (Lipinski definition) is 1. The summed E-state index contributed by atoms with van der Waals surface area (Å²) < 4.78 is 24.4. The van der Waals surface area contributed by atoms with Gasteiger partial charge in [0.1, 0.15) is 23.2 Å². The van der Waals surface area contributed by atoms with Gasteiger partial charge in [0.05, 0.1) is 0 Å². The van der Waals surface area contributed by atoms with Crippen LogP contribution in [-0.4, -0.2) is 23.0 Å². The molecule has 0 aliphatic heterocycles. The lowest BCUT2D eigenvalue weighted by Gasteiger charge is -2.13. The lowest BCUT2D eigenvalue weighted by atomic mass is 10.2. The zero-order valence-corrected chi connectivity index (χ0v) is 17.6. The van der Waals surface area contributed by atoms with E-state index in [-0.39, 0.29) is 18.0 Å². The van der Waals surface area contributed by atoms with Gasteiger partial charge in [-0.05, 0) is 50.6 Å². The first-order valence-corrected chi connectivity index (χ1v) is 10.1. The monoisotopic (exact) mass is 428 g/mol. The minimum atomic E-state index is -1.07. The Balaban J connectivity index is 1.52. The molecule has 1 N–H and O–H groups in total. The Morgan fingerprint density at radius 2 is 1.90 bits per heavy atom. The van der Waals surface area contributed by atoms with Gasteiger partial charge in [0.2, 0.25) is 0 Å². The molecule has 156 valence electrons. The summed E-state index contributed by atoms with van der Waals surface area (Å²) in [5, 5.41) is 4.68. The molecule has 0 aliphatic carbocycles. The van der Waals surface area contributed by atoms with Gasteiger partial charge in [-0.15, -0.1) is 11.3 Å². The van der Waals surface area contributed by atoms with Crippen LogP contribution in [0.5, 0.6) is 5.75 Å². The number of carbonyl (C=O) groups excluding carboxylic acids is 2. The summed E-state index contributed by atoms with van der Waals surface area (Å²) in [6, 6.07) is 11.9. The zero-order chi connectivity index (χ0) is 21.7. The molecule has 0 spiro atoms. The highest BCUT2D eigenvalue weighted by atomic mass is 32.1. The molecule has 0 bridgehead atoms. The molecule has 0 fully saturated rings. The van der Waals surface area contributed by atoms with Crippen LogP contribution < -0.4 is 10.1 Å². The molecule has 3 rings (SSSR count). The van der Waals surface area contributed by atoms with Crippen LogP contribution in [0.2, 0.25) is 0 Å². The lowest BCUT2D eigenvalue weighted by molar-refractivity contribution is -0.123. The average molecular weight is 428 g/mol. The zero-order valence-electron chi connectivity index (χ0n) is 16.8. The van der Waals surface area contributed by atoms with Crippen molar-refractivity contribution >= 4 is 28.9 Å². The van der Waals surface area contributed by atoms with Gasteiger partial charge in [0, 0.05) is 11.1 Å². The number of esters is 1. The molecular formula is C22H21FN2O4S. The summed E-state index contributed by atoms with van der Waals surface area (Å²) in [6.07, 6.45) is -1.07. The Hall–Kier alpha value is -3.26. The first-order valence-electron chi connectivity index (χ1n) is 9.23. The number of amides is 1. The van der Waals surface area contributed by atoms with E-state index in [1.54, 1.807) is 24.4 Å². The number of nitrogens with one attached hydrogen (secondary N) is 1. The van der Waals surface area contributed by atoms with E-state index < -0.39 is 23.8 Å². The molecule has 6 nitrogen and oxygen atoms in total. The van der Waals surface area contributed by atoms with Crippen molar-refractivity contribution in [2.45, 2.75) is 33.5 Å². The van der Waals surface area contributed by atoms with Gasteiger partial charge in [-0.25, -0.2) is 14.2 Å². The smallest absolute Gasteiger partial charge is 0.358 e. The van der Waals surface area contributed by atoms with E-state index in [4.69, 9.17) is 9.47 Å². The fraction of sp³-hybridized carbons (Fsp3) is 0.227. The molecule has 1 unspecified atom stereocenters. The second kappa shape index (κ2) is 9.49. The number of aromatic nitrogens is 1. The number of halogens is 1. The van der Waals surface area contributed by atoms with Crippen molar-refractivity contribution in [3.63, 3.8) is 0 Å². The van der Waals surface area contributed by atoms with Crippen molar-refractivity contribution in [3.05, 3.63) is 75.5 Å². The Bertz CT molecular complexity index is 1050. The van der Waals surface area contributed by atoms with E-state index in [9.17, 15) is 14.0 Å². The minimum absolute atomic E-state index is 0.100. The first-order chi connectivity index (χ1) is 14.3. The summed E-state index contributed by atoms with van der Waals surface area (Å²) in [6.45, 7) is 5.27.